The second-order valence-corrected chi connectivity index (χ2v) is 9.53. The van der Waals surface area contributed by atoms with Gasteiger partial charge in [0.05, 0.1) is 12.2 Å². The number of nitrogens with one attached hydrogen (secondary N) is 2. The molecule has 2 N–H and O–H groups in total. The number of nitrogens with zero attached hydrogens (tertiary/aromatic N) is 2. The summed E-state index contributed by atoms with van der Waals surface area (Å²) in [5.41, 5.74) is 2.35. The van der Waals surface area contributed by atoms with Crippen LogP contribution in [0.3, 0.4) is 0 Å². The zero-order valence-corrected chi connectivity index (χ0v) is 18.6. The summed E-state index contributed by atoms with van der Waals surface area (Å²) in [5.74, 6) is -0.0983. The number of likely N-dealkylation sites (tertiary alicyclic amines) is 1. The van der Waals surface area contributed by atoms with E-state index in [0.29, 0.717) is 6.42 Å². The molecule has 1 unspecified atom stereocenters. The van der Waals surface area contributed by atoms with Gasteiger partial charge in [0, 0.05) is 17.4 Å². The molecule has 3 heterocycles. The molecule has 6 nitrogen and oxygen atoms in total. The normalized spacial score (nSPS) is 22.0. The molecule has 7 heteroatoms. The average Bonchev–Trinajstić information content (AvgIpc) is 3.40. The maximum atomic E-state index is 12.9. The first-order valence-corrected chi connectivity index (χ1v) is 11.9. The molecule has 0 bridgehead atoms. The van der Waals surface area contributed by atoms with E-state index in [4.69, 9.17) is 4.98 Å². The van der Waals surface area contributed by atoms with Crippen molar-refractivity contribution in [1.82, 2.24) is 20.5 Å². The van der Waals surface area contributed by atoms with E-state index in [1.807, 2.05) is 48.5 Å². The van der Waals surface area contributed by atoms with Gasteiger partial charge in [-0.15, -0.1) is 11.3 Å². The Balaban J connectivity index is 1.25. The van der Waals surface area contributed by atoms with Crippen LogP contribution in [0.5, 0.6) is 0 Å². The molecule has 0 radical (unpaired) electrons. The quantitative estimate of drug-likeness (QED) is 0.564. The first-order valence-electron chi connectivity index (χ1n) is 11.0. The van der Waals surface area contributed by atoms with Gasteiger partial charge in [-0.2, -0.15) is 0 Å². The van der Waals surface area contributed by atoms with Crippen LogP contribution >= 0.6 is 11.3 Å². The molecule has 1 aromatic heterocycles. The number of thiazole rings is 1. The minimum absolute atomic E-state index is 0.0987. The van der Waals surface area contributed by atoms with Crippen LogP contribution in [-0.2, 0) is 17.8 Å². The molecule has 164 valence electrons. The number of hydrogen-bond acceptors (Lipinski definition) is 5. The summed E-state index contributed by atoms with van der Waals surface area (Å²) in [6.07, 6.45) is 2.23. The van der Waals surface area contributed by atoms with Gasteiger partial charge in [0.25, 0.3) is 5.91 Å². The highest BCUT2D eigenvalue weighted by Crippen LogP contribution is 2.34. The lowest BCUT2D eigenvalue weighted by Gasteiger charge is -2.40. The fourth-order valence-corrected chi connectivity index (χ4v) is 5.72. The Kier molecular flexibility index (Phi) is 5.76. The third kappa shape index (κ3) is 4.18. The van der Waals surface area contributed by atoms with Crippen LogP contribution in [0.2, 0.25) is 0 Å². The van der Waals surface area contributed by atoms with E-state index in [0.717, 1.165) is 54.3 Å². The van der Waals surface area contributed by atoms with E-state index in [9.17, 15) is 9.59 Å². The van der Waals surface area contributed by atoms with Gasteiger partial charge >= 0.3 is 6.03 Å². The zero-order chi connectivity index (χ0) is 22.0. The van der Waals surface area contributed by atoms with Crippen LogP contribution in [0.25, 0.3) is 11.3 Å². The number of amides is 3. The van der Waals surface area contributed by atoms with Crippen molar-refractivity contribution < 1.29 is 9.59 Å². The highest BCUT2D eigenvalue weighted by Gasteiger charge is 2.52. The van der Waals surface area contributed by atoms with Gasteiger partial charge in [0.2, 0.25) is 0 Å². The molecule has 2 aliphatic heterocycles. The summed E-state index contributed by atoms with van der Waals surface area (Å²) in [7, 11) is 0. The summed E-state index contributed by atoms with van der Waals surface area (Å²) in [4.78, 5) is 32.2. The molecule has 2 aliphatic rings. The van der Waals surface area contributed by atoms with Gasteiger partial charge in [0.1, 0.15) is 10.5 Å². The number of rotatable bonds is 6. The van der Waals surface area contributed by atoms with E-state index in [1.54, 1.807) is 11.3 Å². The van der Waals surface area contributed by atoms with Gasteiger partial charge in [-0.1, -0.05) is 60.7 Å². The standard InChI is InChI=1S/C25H26N4O2S/c30-23-25(28-24(31)27-23,15-18-7-3-1-4-8-18)20-11-13-29(14-12-20)16-22-26-21(17-32-22)19-9-5-2-6-10-19/h1-10,17,20H,11-16H2,(H2,27,28,30,31). The molecule has 0 saturated carbocycles. The summed E-state index contributed by atoms with van der Waals surface area (Å²) < 4.78 is 0. The van der Waals surface area contributed by atoms with Crippen LogP contribution in [0.4, 0.5) is 4.79 Å². The highest BCUT2D eigenvalue weighted by molar-refractivity contribution is 7.09. The molecule has 3 aromatic rings. The van der Waals surface area contributed by atoms with Gasteiger partial charge in [-0.25, -0.2) is 9.78 Å². The molecule has 3 amide bonds. The van der Waals surface area contributed by atoms with Crippen LogP contribution in [-0.4, -0.2) is 40.5 Å². The lowest BCUT2D eigenvalue weighted by molar-refractivity contribution is -0.126. The lowest BCUT2D eigenvalue weighted by atomic mass is 9.74. The van der Waals surface area contributed by atoms with Crippen molar-refractivity contribution in [2.24, 2.45) is 5.92 Å². The van der Waals surface area contributed by atoms with E-state index >= 15 is 0 Å². The Morgan fingerprint density at radius 3 is 2.34 bits per heavy atom. The molecule has 32 heavy (non-hydrogen) atoms. The van der Waals surface area contributed by atoms with E-state index < -0.39 is 5.54 Å². The fourth-order valence-electron chi connectivity index (χ4n) is 4.88. The summed E-state index contributed by atoms with van der Waals surface area (Å²) in [6.45, 7) is 2.57. The van der Waals surface area contributed by atoms with Crippen molar-refractivity contribution in [2.45, 2.75) is 31.3 Å². The van der Waals surface area contributed by atoms with Crippen molar-refractivity contribution in [1.29, 1.82) is 0 Å². The van der Waals surface area contributed by atoms with Gasteiger partial charge < -0.3 is 5.32 Å². The number of benzene rings is 2. The van der Waals surface area contributed by atoms with Crippen LogP contribution in [0, 0.1) is 5.92 Å². The summed E-state index contributed by atoms with van der Waals surface area (Å²) >= 11 is 1.69. The monoisotopic (exact) mass is 446 g/mol. The number of imide groups is 1. The second-order valence-electron chi connectivity index (χ2n) is 8.58. The number of aromatic nitrogens is 1. The van der Waals surface area contributed by atoms with Crippen molar-refractivity contribution in [3.8, 4) is 11.3 Å². The third-order valence-electron chi connectivity index (χ3n) is 6.56. The van der Waals surface area contributed by atoms with Crippen molar-refractivity contribution in [3.05, 3.63) is 76.6 Å². The predicted octanol–water partition coefficient (Wildman–Crippen LogP) is 3.84. The highest BCUT2D eigenvalue weighted by atomic mass is 32.1. The minimum Gasteiger partial charge on any atom is -0.323 e. The molecule has 1 atom stereocenters. The summed E-state index contributed by atoms with van der Waals surface area (Å²) in [6, 6.07) is 19.8. The lowest BCUT2D eigenvalue weighted by Crippen LogP contribution is -2.57. The smallest absolute Gasteiger partial charge is 0.322 e. The maximum absolute atomic E-state index is 12.9. The van der Waals surface area contributed by atoms with Gasteiger partial charge in [-0.05, 0) is 37.4 Å². The van der Waals surface area contributed by atoms with Crippen LogP contribution in [0.15, 0.2) is 66.0 Å². The van der Waals surface area contributed by atoms with E-state index in [-0.39, 0.29) is 17.9 Å². The van der Waals surface area contributed by atoms with Crippen molar-refractivity contribution in [3.63, 3.8) is 0 Å². The number of piperidine rings is 1. The largest absolute Gasteiger partial charge is 0.323 e. The minimum atomic E-state index is -0.869. The Bertz CT molecular complexity index is 1090. The van der Waals surface area contributed by atoms with Crippen LogP contribution in [0.1, 0.15) is 23.4 Å². The molecular weight excluding hydrogens is 420 g/mol. The average molecular weight is 447 g/mol. The first-order chi connectivity index (χ1) is 15.6. The molecule has 2 saturated heterocycles. The number of hydrogen-bond donors (Lipinski definition) is 2. The number of carbonyl (C=O) groups excluding carboxylic acids is 2. The van der Waals surface area contributed by atoms with E-state index in [1.165, 1.54) is 0 Å². The number of carbonyl (C=O) groups is 2. The van der Waals surface area contributed by atoms with E-state index in [2.05, 4.69) is 33.0 Å². The fraction of sp³-hybridized carbons (Fsp3) is 0.320. The van der Waals surface area contributed by atoms with Crippen molar-refractivity contribution >= 4 is 23.3 Å². The Morgan fingerprint density at radius 2 is 1.69 bits per heavy atom. The molecule has 0 aliphatic carbocycles. The number of urea groups is 1. The first kappa shape index (κ1) is 20.8. The van der Waals surface area contributed by atoms with Crippen LogP contribution < -0.4 is 10.6 Å². The SMILES string of the molecule is O=C1NC(=O)C(Cc2ccccc2)(C2CCN(Cc3nc(-c4ccccc4)cs3)CC2)N1. The predicted molar refractivity (Wildman–Crippen MR) is 125 cm³/mol. The third-order valence-corrected chi connectivity index (χ3v) is 7.39. The Morgan fingerprint density at radius 1 is 1.00 bits per heavy atom. The molecule has 0 spiro atoms. The second kappa shape index (κ2) is 8.84. The molecule has 2 fully saturated rings. The Labute approximate surface area is 191 Å². The molecule has 2 aromatic carbocycles. The topological polar surface area (TPSA) is 74.3 Å². The molecule has 5 rings (SSSR count). The zero-order valence-electron chi connectivity index (χ0n) is 17.8. The summed E-state index contributed by atoms with van der Waals surface area (Å²) in [5, 5.41) is 8.70. The molecular formula is C25H26N4O2S. The maximum Gasteiger partial charge on any atom is 0.322 e. The van der Waals surface area contributed by atoms with Gasteiger partial charge in [0.15, 0.2) is 0 Å². The van der Waals surface area contributed by atoms with Gasteiger partial charge in [-0.3, -0.25) is 15.0 Å². The van der Waals surface area contributed by atoms with Crippen molar-refractivity contribution in [2.75, 3.05) is 13.1 Å². The Hall–Kier alpha value is -3.03.